The number of anilines is 1. The molecule has 7 heteroatoms. The van der Waals surface area contributed by atoms with Crippen molar-refractivity contribution in [3.63, 3.8) is 0 Å². The maximum Gasteiger partial charge on any atom is 0.241 e. The van der Waals surface area contributed by atoms with Gasteiger partial charge in [0.2, 0.25) is 5.91 Å². The molecule has 0 saturated carbocycles. The van der Waals surface area contributed by atoms with Crippen molar-refractivity contribution in [2.24, 2.45) is 5.73 Å². The molecule has 3 N–H and O–H groups in total. The van der Waals surface area contributed by atoms with E-state index in [1.807, 2.05) is 0 Å². The number of halogens is 2. The number of nitrogens with two attached hydrogens (primary N) is 1. The molecule has 1 aromatic carbocycles. The highest BCUT2D eigenvalue weighted by atomic mass is 79.9. The highest BCUT2D eigenvalue weighted by Gasteiger charge is 2.17. The van der Waals surface area contributed by atoms with E-state index in [9.17, 15) is 4.79 Å². The van der Waals surface area contributed by atoms with E-state index in [2.05, 4.69) is 21.2 Å². The molecule has 5 nitrogen and oxygen atoms in total. The van der Waals surface area contributed by atoms with Crippen LogP contribution < -0.4 is 15.8 Å². The second-order valence-corrected chi connectivity index (χ2v) is 5.14. The van der Waals surface area contributed by atoms with Gasteiger partial charge < -0.3 is 20.5 Å². The number of rotatable bonds is 6. The van der Waals surface area contributed by atoms with Gasteiger partial charge in [0.1, 0.15) is 0 Å². The molecule has 0 radical (unpaired) electrons. The first kappa shape index (κ1) is 16.2. The Morgan fingerprint density at radius 2 is 2.21 bits per heavy atom. The van der Waals surface area contributed by atoms with Crippen molar-refractivity contribution in [3.05, 3.63) is 21.6 Å². The molecule has 1 unspecified atom stereocenters. The van der Waals surface area contributed by atoms with E-state index in [4.69, 9.17) is 26.8 Å². The molecule has 1 rings (SSSR count). The average molecular weight is 352 g/mol. The third kappa shape index (κ3) is 4.65. The minimum absolute atomic E-state index is 0.315. The topological polar surface area (TPSA) is 73.6 Å². The zero-order chi connectivity index (χ0) is 14.4. The zero-order valence-corrected chi connectivity index (χ0v) is 13.0. The number of carbonyl (C=O) groups is 1. The maximum absolute atomic E-state index is 11.9. The molecule has 19 heavy (non-hydrogen) atoms. The standard InChI is InChI=1S/C12H16BrClN2O3/c1-18-4-3-9(15)12(17)16-10-6-7(14)5-8(13)11(10)19-2/h5-6,9H,3-4,15H2,1-2H3,(H,16,17). The molecule has 106 valence electrons. The van der Waals surface area contributed by atoms with Gasteiger partial charge in [0.25, 0.3) is 0 Å². The van der Waals surface area contributed by atoms with E-state index in [-0.39, 0.29) is 5.91 Å². The van der Waals surface area contributed by atoms with Crippen molar-refractivity contribution in [1.82, 2.24) is 0 Å². The van der Waals surface area contributed by atoms with Crippen LogP contribution in [-0.4, -0.2) is 32.8 Å². The van der Waals surface area contributed by atoms with Crippen LogP contribution in [0.3, 0.4) is 0 Å². The Hall–Kier alpha value is -0.820. The van der Waals surface area contributed by atoms with Crippen LogP contribution in [-0.2, 0) is 9.53 Å². The first-order valence-electron chi connectivity index (χ1n) is 5.58. The van der Waals surface area contributed by atoms with Gasteiger partial charge in [-0.2, -0.15) is 0 Å². The van der Waals surface area contributed by atoms with Crippen molar-refractivity contribution in [2.75, 3.05) is 26.1 Å². The smallest absolute Gasteiger partial charge is 0.241 e. The van der Waals surface area contributed by atoms with Crippen LogP contribution in [0.25, 0.3) is 0 Å². The SMILES string of the molecule is COCCC(N)C(=O)Nc1cc(Cl)cc(Br)c1OC. The van der Waals surface area contributed by atoms with Crippen LogP contribution in [0.5, 0.6) is 5.75 Å². The molecule has 1 aromatic rings. The molecule has 0 heterocycles. The first-order chi connectivity index (χ1) is 8.99. The summed E-state index contributed by atoms with van der Waals surface area (Å²) in [6.07, 6.45) is 0.437. The molecule has 0 aliphatic heterocycles. The monoisotopic (exact) mass is 350 g/mol. The van der Waals surface area contributed by atoms with Gasteiger partial charge in [0, 0.05) is 18.7 Å². The van der Waals surface area contributed by atoms with E-state index in [0.29, 0.717) is 34.0 Å². The number of methoxy groups -OCH3 is 2. The van der Waals surface area contributed by atoms with Gasteiger partial charge >= 0.3 is 0 Å². The van der Waals surface area contributed by atoms with Crippen LogP contribution >= 0.6 is 27.5 Å². The predicted octanol–water partition coefficient (Wildman–Crippen LogP) is 2.41. The summed E-state index contributed by atoms with van der Waals surface area (Å²) in [7, 11) is 3.07. The Morgan fingerprint density at radius 3 is 2.79 bits per heavy atom. The van der Waals surface area contributed by atoms with Crippen LogP contribution in [0.15, 0.2) is 16.6 Å². The maximum atomic E-state index is 11.9. The Labute approximate surface area is 125 Å². The molecule has 0 aliphatic rings. The van der Waals surface area contributed by atoms with E-state index in [1.165, 1.54) is 7.11 Å². The minimum Gasteiger partial charge on any atom is -0.493 e. The molecular weight excluding hydrogens is 336 g/mol. The summed E-state index contributed by atoms with van der Waals surface area (Å²) in [5.74, 6) is 0.182. The number of hydrogen-bond donors (Lipinski definition) is 2. The number of amides is 1. The lowest BCUT2D eigenvalue weighted by Crippen LogP contribution is -2.36. The fourth-order valence-electron chi connectivity index (χ4n) is 1.46. The number of hydrogen-bond acceptors (Lipinski definition) is 4. The van der Waals surface area contributed by atoms with Crippen molar-refractivity contribution in [3.8, 4) is 5.75 Å². The first-order valence-corrected chi connectivity index (χ1v) is 6.75. The summed E-state index contributed by atoms with van der Waals surface area (Å²) >= 11 is 9.25. The minimum atomic E-state index is -0.651. The predicted molar refractivity (Wildman–Crippen MR) is 78.8 cm³/mol. The van der Waals surface area contributed by atoms with Gasteiger partial charge in [-0.25, -0.2) is 0 Å². The van der Waals surface area contributed by atoms with E-state index in [0.717, 1.165) is 0 Å². The summed E-state index contributed by atoms with van der Waals surface area (Å²) in [5.41, 5.74) is 6.21. The largest absolute Gasteiger partial charge is 0.493 e. The molecule has 1 atom stereocenters. The summed E-state index contributed by atoms with van der Waals surface area (Å²) in [5, 5.41) is 3.17. The lowest BCUT2D eigenvalue weighted by atomic mass is 10.2. The van der Waals surface area contributed by atoms with Gasteiger partial charge in [-0.1, -0.05) is 11.6 Å². The summed E-state index contributed by atoms with van der Waals surface area (Å²) < 4.78 is 10.7. The van der Waals surface area contributed by atoms with Crippen molar-refractivity contribution in [1.29, 1.82) is 0 Å². The number of benzene rings is 1. The second-order valence-electron chi connectivity index (χ2n) is 3.85. The Morgan fingerprint density at radius 1 is 1.53 bits per heavy atom. The van der Waals surface area contributed by atoms with Crippen molar-refractivity contribution >= 4 is 39.1 Å². The lowest BCUT2D eigenvalue weighted by Gasteiger charge is -2.15. The fraction of sp³-hybridized carbons (Fsp3) is 0.417. The molecule has 0 aliphatic carbocycles. The molecule has 0 spiro atoms. The summed E-state index contributed by atoms with van der Waals surface area (Å²) in [4.78, 5) is 11.9. The molecule has 0 bridgehead atoms. The molecule has 0 fully saturated rings. The average Bonchev–Trinajstić information content (AvgIpc) is 2.35. The summed E-state index contributed by atoms with van der Waals surface area (Å²) in [6, 6.07) is 2.63. The van der Waals surface area contributed by atoms with Crippen LogP contribution in [0, 0.1) is 0 Å². The van der Waals surface area contributed by atoms with Gasteiger partial charge in [-0.05, 0) is 34.5 Å². The third-order valence-electron chi connectivity index (χ3n) is 2.44. The normalized spacial score (nSPS) is 12.1. The van der Waals surface area contributed by atoms with E-state index < -0.39 is 6.04 Å². The van der Waals surface area contributed by atoms with Gasteiger partial charge in [-0.3, -0.25) is 4.79 Å². The quantitative estimate of drug-likeness (QED) is 0.825. The van der Waals surface area contributed by atoms with Gasteiger partial charge in [0.15, 0.2) is 5.75 Å². The van der Waals surface area contributed by atoms with Gasteiger partial charge in [-0.15, -0.1) is 0 Å². The lowest BCUT2D eigenvalue weighted by molar-refractivity contribution is -0.117. The Balaban J connectivity index is 2.84. The van der Waals surface area contributed by atoms with Crippen LogP contribution in [0.2, 0.25) is 5.02 Å². The highest BCUT2D eigenvalue weighted by Crippen LogP contribution is 2.36. The van der Waals surface area contributed by atoms with Gasteiger partial charge in [0.05, 0.1) is 23.3 Å². The van der Waals surface area contributed by atoms with Crippen LogP contribution in [0.1, 0.15) is 6.42 Å². The Bertz CT molecular complexity index is 457. The number of carbonyl (C=O) groups excluding carboxylic acids is 1. The molecule has 0 aromatic heterocycles. The number of ether oxygens (including phenoxy) is 2. The highest BCUT2D eigenvalue weighted by molar-refractivity contribution is 9.10. The van der Waals surface area contributed by atoms with E-state index in [1.54, 1.807) is 19.2 Å². The molecule has 1 amide bonds. The van der Waals surface area contributed by atoms with Crippen molar-refractivity contribution < 1.29 is 14.3 Å². The molecular formula is C12H16BrClN2O3. The zero-order valence-electron chi connectivity index (χ0n) is 10.7. The molecule has 0 saturated heterocycles. The third-order valence-corrected chi connectivity index (χ3v) is 3.25. The van der Waals surface area contributed by atoms with Crippen LogP contribution in [0.4, 0.5) is 5.69 Å². The summed E-state index contributed by atoms with van der Waals surface area (Å²) in [6.45, 7) is 0.422. The Kier molecular flexibility index (Phi) is 6.57. The number of nitrogens with one attached hydrogen (secondary N) is 1. The van der Waals surface area contributed by atoms with E-state index >= 15 is 0 Å². The van der Waals surface area contributed by atoms with Crippen molar-refractivity contribution in [2.45, 2.75) is 12.5 Å². The second kappa shape index (κ2) is 7.69. The fourth-order valence-corrected chi connectivity index (χ4v) is 2.43.